The summed E-state index contributed by atoms with van der Waals surface area (Å²) in [5, 5.41) is 3.74. The summed E-state index contributed by atoms with van der Waals surface area (Å²) < 4.78 is 23.5. The lowest BCUT2D eigenvalue weighted by atomic mass is 10.2. The molecule has 5 heteroatoms. The van der Waals surface area contributed by atoms with Crippen molar-refractivity contribution in [1.29, 1.82) is 0 Å². The van der Waals surface area contributed by atoms with Gasteiger partial charge in [0.2, 0.25) is 11.7 Å². The highest BCUT2D eigenvalue weighted by molar-refractivity contribution is 5.27. The number of nitrogens with zero attached hydrogens (tertiary/aromatic N) is 2. The highest BCUT2D eigenvalue weighted by Crippen LogP contribution is 2.16. The Morgan fingerprint density at radius 2 is 2.24 bits per heavy atom. The molecule has 1 heterocycles. The minimum atomic E-state index is -0.287. The first kappa shape index (κ1) is 11.6. The van der Waals surface area contributed by atoms with Crippen molar-refractivity contribution in [3.05, 3.63) is 41.3 Å². The van der Waals surface area contributed by atoms with Gasteiger partial charge >= 0.3 is 0 Å². The predicted octanol–water partition coefficient (Wildman–Crippen LogP) is 2.66. The molecule has 17 heavy (non-hydrogen) atoms. The normalized spacial score (nSPS) is 10.5. The predicted molar refractivity (Wildman–Crippen MR) is 59.1 cm³/mol. The van der Waals surface area contributed by atoms with Crippen LogP contribution >= 0.6 is 0 Å². The molecule has 0 aliphatic heterocycles. The standard InChI is InChI=1S/C12H13FN2O2/c1-3-12-14-11(15-17-12)7-16-9-5-4-8(2)10(13)6-9/h4-6H,3,7H2,1-2H3. The van der Waals surface area contributed by atoms with Gasteiger partial charge in [0, 0.05) is 12.5 Å². The molecule has 0 saturated heterocycles. The molecule has 0 fully saturated rings. The highest BCUT2D eigenvalue weighted by Gasteiger charge is 2.06. The van der Waals surface area contributed by atoms with Crippen molar-refractivity contribution in [3.8, 4) is 5.75 Å². The molecular weight excluding hydrogens is 223 g/mol. The zero-order valence-electron chi connectivity index (χ0n) is 9.74. The van der Waals surface area contributed by atoms with Crippen LogP contribution in [-0.2, 0) is 13.0 Å². The van der Waals surface area contributed by atoms with Gasteiger partial charge in [0.05, 0.1) is 0 Å². The van der Waals surface area contributed by atoms with Gasteiger partial charge in [-0.15, -0.1) is 0 Å². The first-order chi connectivity index (χ1) is 8.19. The number of benzene rings is 1. The molecule has 0 aliphatic rings. The molecule has 2 aromatic rings. The second kappa shape index (κ2) is 4.95. The third-order valence-electron chi connectivity index (χ3n) is 2.32. The lowest BCUT2D eigenvalue weighted by Crippen LogP contribution is -1.98. The van der Waals surface area contributed by atoms with Gasteiger partial charge in [-0.1, -0.05) is 18.1 Å². The molecule has 0 amide bonds. The van der Waals surface area contributed by atoms with Gasteiger partial charge in [0.25, 0.3) is 0 Å². The topological polar surface area (TPSA) is 48.2 Å². The van der Waals surface area contributed by atoms with E-state index in [2.05, 4.69) is 10.1 Å². The van der Waals surface area contributed by atoms with Crippen molar-refractivity contribution in [1.82, 2.24) is 10.1 Å². The molecule has 0 radical (unpaired) electrons. The molecule has 0 unspecified atom stereocenters. The van der Waals surface area contributed by atoms with Gasteiger partial charge < -0.3 is 9.26 Å². The molecule has 0 aliphatic carbocycles. The molecule has 2 rings (SSSR count). The van der Waals surface area contributed by atoms with Crippen molar-refractivity contribution in [2.24, 2.45) is 0 Å². The molecule has 0 bridgehead atoms. The number of halogens is 1. The Balaban J connectivity index is 1.99. The Morgan fingerprint density at radius 3 is 2.88 bits per heavy atom. The smallest absolute Gasteiger partial charge is 0.226 e. The van der Waals surface area contributed by atoms with E-state index in [1.807, 2.05) is 6.92 Å². The summed E-state index contributed by atoms with van der Waals surface area (Å²) in [5.41, 5.74) is 0.588. The van der Waals surface area contributed by atoms with Crippen LogP contribution < -0.4 is 4.74 Å². The zero-order valence-corrected chi connectivity index (χ0v) is 9.74. The minimum Gasteiger partial charge on any atom is -0.485 e. The fraction of sp³-hybridized carbons (Fsp3) is 0.333. The van der Waals surface area contributed by atoms with Gasteiger partial charge in [0.1, 0.15) is 11.6 Å². The van der Waals surface area contributed by atoms with Crippen LogP contribution in [0.25, 0.3) is 0 Å². The van der Waals surface area contributed by atoms with E-state index in [-0.39, 0.29) is 12.4 Å². The van der Waals surface area contributed by atoms with E-state index in [0.29, 0.717) is 29.4 Å². The Bertz CT molecular complexity index is 511. The first-order valence-corrected chi connectivity index (χ1v) is 5.39. The number of aromatic nitrogens is 2. The number of hydrogen-bond donors (Lipinski definition) is 0. The summed E-state index contributed by atoms with van der Waals surface area (Å²) >= 11 is 0. The third kappa shape index (κ3) is 2.81. The van der Waals surface area contributed by atoms with Crippen LogP contribution in [0.15, 0.2) is 22.7 Å². The van der Waals surface area contributed by atoms with Gasteiger partial charge in [-0.25, -0.2) is 4.39 Å². The third-order valence-corrected chi connectivity index (χ3v) is 2.32. The maximum absolute atomic E-state index is 13.2. The van der Waals surface area contributed by atoms with Crippen LogP contribution in [-0.4, -0.2) is 10.1 Å². The second-order valence-electron chi connectivity index (χ2n) is 3.66. The fourth-order valence-corrected chi connectivity index (χ4v) is 1.30. The monoisotopic (exact) mass is 236 g/mol. The zero-order chi connectivity index (χ0) is 12.3. The molecule has 0 N–H and O–H groups in total. The number of aryl methyl sites for hydroxylation is 2. The highest BCUT2D eigenvalue weighted by atomic mass is 19.1. The summed E-state index contributed by atoms with van der Waals surface area (Å²) in [4.78, 5) is 4.09. The average molecular weight is 236 g/mol. The van der Waals surface area contributed by atoms with E-state index in [1.165, 1.54) is 6.07 Å². The maximum Gasteiger partial charge on any atom is 0.226 e. The van der Waals surface area contributed by atoms with Crippen LogP contribution in [0.4, 0.5) is 4.39 Å². The maximum atomic E-state index is 13.2. The van der Waals surface area contributed by atoms with Crippen LogP contribution in [0.2, 0.25) is 0 Å². The quantitative estimate of drug-likeness (QED) is 0.818. The lowest BCUT2D eigenvalue weighted by Gasteiger charge is -2.04. The average Bonchev–Trinajstić information content (AvgIpc) is 2.79. The number of hydrogen-bond acceptors (Lipinski definition) is 4. The molecule has 1 aromatic heterocycles. The second-order valence-corrected chi connectivity index (χ2v) is 3.66. The number of ether oxygens (including phenoxy) is 1. The van der Waals surface area contributed by atoms with E-state index >= 15 is 0 Å². The van der Waals surface area contributed by atoms with Gasteiger partial charge in [0.15, 0.2) is 6.61 Å². The number of rotatable bonds is 4. The molecule has 4 nitrogen and oxygen atoms in total. The van der Waals surface area contributed by atoms with Crippen molar-refractivity contribution in [2.75, 3.05) is 0 Å². The van der Waals surface area contributed by atoms with E-state index < -0.39 is 0 Å². The van der Waals surface area contributed by atoms with Crippen LogP contribution in [0, 0.1) is 12.7 Å². The Labute approximate surface area is 98.4 Å². The first-order valence-electron chi connectivity index (χ1n) is 5.39. The van der Waals surface area contributed by atoms with E-state index in [9.17, 15) is 4.39 Å². The summed E-state index contributed by atoms with van der Waals surface area (Å²) in [6.45, 7) is 3.80. The molecule has 0 saturated carbocycles. The van der Waals surface area contributed by atoms with Crippen LogP contribution in [0.1, 0.15) is 24.2 Å². The SMILES string of the molecule is CCc1nc(COc2ccc(C)c(F)c2)no1. The summed E-state index contributed by atoms with van der Waals surface area (Å²) in [5.74, 6) is 1.20. The largest absolute Gasteiger partial charge is 0.485 e. The Hall–Kier alpha value is -1.91. The van der Waals surface area contributed by atoms with Gasteiger partial charge in [-0.3, -0.25) is 0 Å². The molecular formula is C12H13FN2O2. The van der Waals surface area contributed by atoms with E-state index in [0.717, 1.165) is 0 Å². The van der Waals surface area contributed by atoms with Gasteiger partial charge in [-0.2, -0.15) is 4.98 Å². The van der Waals surface area contributed by atoms with Crippen LogP contribution in [0.3, 0.4) is 0 Å². The van der Waals surface area contributed by atoms with Gasteiger partial charge in [-0.05, 0) is 18.6 Å². The van der Waals surface area contributed by atoms with Crippen LogP contribution in [0.5, 0.6) is 5.75 Å². The minimum absolute atomic E-state index is 0.173. The summed E-state index contributed by atoms with van der Waals surface area (Å²) in [6, 6.07) is 4.72. The van der Waals surface area contributed by atoms with Crippen molar-refractivity contribution in [2.45, 2.75) is 26.9 Å². The van der Waals surface area contributed by atoms with E-state index in [4.69, 9.17) is 9.26 Å². The van der Waals surface area contributed by atoms with E-state index in [1.54, 1.807) is 19.1 Å². The fourth-order valence-electron chi connectivity index (χ4n) is 1.30. The lowest BCUT2D eigenvalue weighted by molar-refractivity contribution is 0.284. The Morgan fingerprint density at radius 1 is 1.41 bits per heavy atom. The molecule has 0 atom stereocenters. The van der Waals surface area contributed by atoms with Crippen molar-refractivity contribution in [3.63, 3.8) is 0 Å². The summed E-state index contributed by atoms with van der Waals surface area (Å²) in [7, 11) is 0. The van der Waals surface area contributed by atoms with Crippen molar-refractivity contribution >= 4 is 0 Å². The molecule has 0 spiro atoms. The molecule has 90 valence electrons. The summed E-state index contributed by atoms with van der Waals surface area (Å²) in [6.07, 6.45) is 0.687. The molecule has 1 aromatic carbocycles. The van der Waals surface area contributed by atoms with Crippen molar-refractivity contribution < 1.29 is 13.7 Å². The Kier molecular flexibility index (Phi) is 3.37.